The average molecular weight is 256 g/mol. The maximum atomic E-state index is 6.39. The van der Waals surface area contributed by atoms with E-state index >= 15 is 0 Å². The van der Waals surface area contributed by atoms with Crippen molar-refractivity contribution in [1.82, 2.24) is 4.98 Å². The largest absolute Gasteiger partial charge is 0.259 e. The van der Waals surface area contributed by atoms with Crippen molar-refractivity contribution < 1.29 is 0 Å². The molecule has 1 aliphatic carbocycles. The lowest BCUT2D eigenvalue weighted by molar-refractivity contribution is 0.695. The number of alkyl halides is 1. The summed E-state index contributed by atoms with van der Waals surface area (Å²) >= 11 is 8.33. The summed E-state index contributed by atoms with van der Waals surface area (Å²) in [7, 11) is 0. The molecule has 1 unspecified atom stereocenters. The van der Waals surface area contributed by atoms with Gasteiger partial charge < -0.3 is 0 Å². The molecule has 0 saturated carbocycles. The quantitative estimate of drug-likeness (QED) is 0.445. The highest BCUT2D eigenvalue weighted by molar-refractivity contribution is 7.99. The second-order valence-corrected chi connectivity index (χ2v) is 5.90. The first kappa shape index (κ1) is 12.3. The Morgan fingerprint density at radius 2 is 2.38 bits per heavy atom. The van der Waals surface area contributed by atoms with Crippen molar-refractivity contribution in [3.8, 4) is 0 Å². The molecule has 0 saturated heterocycles. The summed E-state index contributed by atoms with van der Waals surface area (Å²) in [6.45, 7) is 2.22. The van der Waals surface area contributed by atoms with E-state index in [1.807, 2.05) is 18.0 Å². The third-order valence-electron chi connectivity index (χ3n) is 2.94. The number of thioether (sulfide) groups is 1. The van der Waals surface area contributed by atoms with Crippen molar-refractivity contribution in [2.45, 2.75) is 49.3 Å². The highest BCUT2D eigenvalue weighted by atomic mass is 35.5. The molecule has 1 aliphatic rings. The van der Waals surface area contributed by atoms with Gasteiger partial charge >= 0.3 is 0 Å². The van der Waals surface area contributed by atoms with Gasteiger partial charge in [0.05, 0.1) is 11.1 Å². The molecule has 88 valence electrons. The van der Waals surface area contributed by atoms with Crippen LogP contribution in [0.1, 0.15) is 49.2 Å². The van der Waals surface area contributed by atoms with E-state index < -0.39 is 0 Å². The van der Waals surface area contributed by atoms with Crippen molar-refractivity contribution in [1.29, 1.82) is 0 Å². The molecular formula is C13H18ClNS. The second kappa shape index (κ2) is 5.92. The van der Waals surface area contributed by atoms with E-state index in [-0.39, 0.29) is 5.38 Å². The minimum Gasteiger partial charge on any atom is -0.259 e. The summed E-state index contributed by atoms with van der Waals surface area (Å²) in [5, 5.41) is 0.125. The molecule has 3 heteroatoms. The van der Waals surface area contributed by atoms with E-state index in [1.54, 1.807) is 0 Å². The molecule has 0 aliphatic heterocycles. The fourth-order valence-electron chi connectivity index (χ4n) is 2.12. The second-order valence-electron chi connectivity index (χ2n) is 4.23. The van der Waals surface area contributed by atoms with Crippen LogP contribution < -0.4 is 0 Å². The molecule has 0 bridgehead atoms. The molecule has 0 aromatic carbocycles. The SMILES string of the molecule is CCCSc1ccnc2c1CCCCC2Cl. The fraction of sp³-hybridized carbons (Fsp3) is 0.615. The van der Waals surface area contributed by atoms with Crippen LogP contribution in [0.4, 0.5) is 0 Å². The maximum Gasteiger partial charge on any atom is 0.0760 e. The Labute approximate surface area is 107 Å². The van der Waals surface area contributed by atoms with Gasteiger partial charge in [-0.05, 0) is 43.1 Å². The zero-order valence-corrected chi connectivity index (χ0v) is 11.3. The number of fused-ring (bicyclic) bond motifs is 1. The third-order valence-corrected chi connectivity index (χ3v) is 4.67. The maximum absolute atomic E-state index is 6.39. The number of hydrogen-bond donors (Lipinski definition) is 0. The molecule has 0 N–H and O–H groups in total. The molecule has 1 heterocycles. The summed E-state index contributed by atoms with van der Waals surface area (Å²) in [4.78, 5) is 5.89. The van der Waals surface area contributed by atoms with Crippen molar-refractivity contribution in [2.24, 2.45) is 0 Å². The molecule has 1 nitrogen and oxygen atoms in total. The predicted molar refractivity (Wildman–Crippen MR) is 71.4 cm³/mol. The van der Waals surface area contributed by atoms with Crippen LogP contribution in [0.15, 0.2) is 17.2 Å². The summed E-state index contributed by atoms with van der Waals surface area (Å²) < 4.78 is 0. The topological polar surface area (TPSA) is 12.9 Å². The molecule has 0 fully saturated rings. The van der Waals surface area contributed by atoms with Gasteiger partial charge in [-0.1, -0.05) is 13.3 Å². The van der Waals surface area contributed by atoms with Crippen LogP contribution in [0, 0.1) is 0 Å². The van der Waals surface area contributed by atoms with Crippen LogP contribution in [-0.2, 0) is 6.42 Å². The van der Waals surface area contributed by atoms with Gasteiger partial charge in [0.2, 0.25) is 0 Å². The fourth-order valence-corrected chi connectivity index (χ4v) is 3.42. The molecule has 0 amide bonds. The van der Waals surface area contributed by atoms with Gasteiger partial charge in [-0.2, -0.15) is 0 Å². The number of nitrogens with zero attached hydrogens (tertiary/aromatic N) is 1. The van der Waals surface area contributed by atoms with Crippen LogP contribution in [0.25, 0.3) is 0 Å². The van der Waals surface area contributed by atoms with Gasteiger partial charge in [0.25, 0.3) is 0 Å². The molecular weight excluding hydrogens is 238 g/mol. The lowest BCUT2D eigenvalue weighted by Gasteiger charge is -2.13. The Bertz CT molecular complexity index is 354. The normalized spacial score (nSPS) is 20.2. The number of pyridine rings is 1. The first-order valence-corrected chi connectivity index (χ1v) is 7.49. The summed E-state index contributed by atoms with van der Waals surface area (Å²) in [5.74, 6) is 1.18. The Balaban J connectivity index is 2.29. The number of rotatable bonds is 3. The third kappa shape index (κ3) is 2.72. The monoisotopic (exact) mass is 255 g/mol. The van der Waals surface area contributed by atoms with Gasteiger partial charge in [-0.15, -0.1) is 23.4 Å². The number of hydrogen-bond acceptors (Lipinski definition) is 2. The van der Waals surface area contributed by atoms with Crippen molar-refractivity contribution in [3.05, 3.63) is 23.5 Å². The van der Waals surface area contributed by atoms with Crippen LogP contribution in [0.2, 0.25) is 0 Å². The zero-order valence-electron chi connectivity index (χ0n) is 9.71. The summed E-state index contributed by atoms with van der Waals surface area (Å²) in [6, 6.07) is 2.15. The first-order valence-electron chi connectivity index (χ1n) is 6.07. The summed E-state index contributed by atoms with van der Waals surface area (Å²) in [6.07, 6.45) is 7.83. The van der Waals surface area contributed by atoms with Crippen LogP contribution in [-0.4, -0.2) is 10.7 Å². The van der Waals surface area contributed by atoms with Gasteiger partial charge in [0.15, 0.2) is 0 Å². The lowest BCUT2D eigenvalue weighted by atomic mass is 10.1. The van der Waals surface area contributed by atoms with Gasteiger partial charge in [0, 0.05) is 11.1 Å². The molecule has 2 rings (SSSR count). The zero-order chi connectivity index (χ0) is 11.4. The smallest absolute Gasteiger partial charge is 0.0760 e. The minimum atomic E-state index is 0.125. The average Bonchev–Trinajstić information content (AvgIpc) is 2.49. The van der Waals surface area contributed by atoms with E-state index in [1.165, 1.54) is 35.5 Å². The van der Waals surface area contributed by atoms with Gasteiger partial charge in [0.1, 0.15) is 0 Å². The van der Waals surface area contributed by atoms with Crippen molar-refractivity contribution in [3.63, 3.8) is 0 Å². The Kier molecular flexibility index (Phi) is 4.54. The standard InChI is InChI=1S/C13H18ClNS/c1-2-9-16-12-7-8-15-13-10(12)5-3-4-6-11(13)14/h7-8,11H,2-6,9H2,1H3. The summed E-state index contributed by atoms with van der Waals surface area (Å²) in [5.41, 5.74) is 2.55. The van der Waals surface area contributed by atoms with Crippen molar-refractivity contribution >= 4 is 23.4 Å². The molecule has 16 heavy (non-hydrogen) atoms. The van der Waals surface area contributed by atoms with Crippen LogP contribution in [0.3, 0.4) is 0 Å². The lowest BCUT2D eigenvalue weighted by Crippen LogP contribution is -1.99. The van der Waals surface area contributed by atoms with Gasteiger partial charge in [-0.3, -0.25) is 4.98 Å². The highest BCUT2D eigenvalue weighted by Gasteiger charge is 2.20. The van der Waals surface area contributed by atoms with Crippen LogP contribution in [0.5, 0.6) is 0 Å². The minimum absolute atomic E-state index is 0.125. The predicted octanol–water partition coefficient (Wildman–Crippen LogP) is 4.59. The van der Waals surface area contributed by atoms with Crippen molar-refractivity contribution in [2.75, 3.05) is 5.75 Å². The van der Waals surface area contributed by atoms with Crippen LogP contribution >= 0.6 is 23.4 Å². The Hall–Kier alpha value is -0.210. The van der Waals surface area contributed by atoms with Gasteiger partial charge in [-0.25, -0.2) is 0 Å². The molecule has 1 atom stereocenters. The van der Waals surface area contributed by atoms with E-state index in [4.69, 9.17) is 11.6 Å². The molecule has 1 aromatic rings. The Morgan fingerprint density at radius 3 is 3.19 bits per heavy atom. The van der Waals surface area contributed by atoms with E-state index in [0.29, 0.717) is 0 Å². The Morgan fingerprint density at radius 1 is 1.50 bits per heavy atom. The number of halogens is 1. The molecule has 0 radical (unpaired) electrons. The number of aromatic nitrogens is 1. The van der Waals surface area contributed by atoms with E-state index in [2.05, 4.69) is 18.0 Å². The highest BCUT2D eigenvalue weighted by Crippen LogP contribution is 2.36. The van der Waals surface area contributed by atoms with E-state index in [0.717, 1.165) is 18.5 Å². The van der Waals surface area contributed by atoms with E-state index in [9.17, 15) is 0 Å². The first-order chi connectivity index (χ1) is 7.83. The molecule has 0 spiro atoms. The molecule has 1 aromatic heterocycles.